The Kier molecular flexibility index (Phi) is 18.2. The molecule has 0 amide bonds. The van der Waals surface area contributed by atoms with Crippen LogP contribution in [0.4, 0.5) is 0 Å². The fourth-order valence-corrected chi connectivity index (χ4v) is 17.4. The molecule has 0 unspecified atom stereocenters. The molecule has 0 spiro atoms. The predicted molar refractivity (Wildman–Crippen MR) is 280 cm³/mol. The van der Waals surface area contributed by atoms with Gasteiger partial charge in [0.2, 0.25) is 6.29 Å². The van der Waals surface area contributed by atoms with E-state index in [1.165, 1.54) is 6.92 Å². The van der Waals surface area contributed by atoms with Crippen molar-refractivity contribution >= 4 is 5.97 Å². The summed E-state index contributed by atoms with van der Waals surface area (Å²) in [7, 11) is 0. The number of aliphatic hydroxyl groups is 16. The third kappa shape index (κ3) is 10.4. The van der Waals surface area contributed by atoms with Gasteiger partial charge in [-0.15, -0.1) is 0 Å². The highest BCUT2D eigenvalue weighted by molar-refractivity contribution is 5.80. The van der Waals surface area contributed by atoms with Crippen LogP contribution in [0.5, 0.6) is 0 Å². The molecule has 4 saturated carbocycles. The van der Waals surface area contributed by atoms with Crippen molar-refractivity contribution in [2.24, 2.45) is 50.2 Å². The van der Waals surface area contributed by atoms with Gasteiger partial charge < -0.3 is 129 Å². The van der Waals surface area contributed by atoms with Crippen LogP contribution in [-0.4, -0.2) is 274 Å². The Balaban J connectivity index is 0.858. The maximum Gasteiger partial charge on any atom is 0.317 e. The molecule has 10 aliphatic rings. The summed E-state index contributed by atoms with van der Waals surface area (Å²) in [5.41, 5.74) is -6.04. The zero-order valence-corrected chi connectivity index (χ0v) is 48.6. The molecule has 9 fully saturated rings. The quantitative estimate of drug-likeness (QED) is 0.0471. The van der Waals surface area contributed by atoms with Gasteiger partial charge in [0.25, 0.3) is 0 Å². The average Bonchev–Trinajstić information content (AvgIpc) is 1.12. The normalized spacial score (nSPS) is 55.6. The molecule has 32 atom stereocenters. The summed E-state index contributed by atoms with van der Waals surface area (Å²) in [6, 6.07) is 0. The van der Waals surface area contributed by atoms with Crippen LogP contribution in [0, 0.1) is 50.2 Å². The van der Waals surface area contributed by atoms with Crippen molar-refractivity contribution in [1.82, 2.24) is 0 Å². The number of esters is 1. The zero-order chi connectivity index (χ0) is 61.3. The zero-order valence-electron chi connectivity index (χ0n) is 48.6. The number of allylic oxidation sites excluding steroid dienone is 2. The van der Waals surface area contributed by atoms with E-state index in [2.05, 4.69) is 40.7 Å². The van der Waals surface area contributed by atoms with Gasteiger partial charge >= 0.3 is 5.97 Å². The third-order valence-corrected chi connectivity index (χ3v) is 22.6. The van der Waals surface area contributed by atoms with Crippen LogP contribution >= 0.6 is 0 Å². The van der Waals surface area contributed by atoms with E-state index in [-0.39, 0.29) is 36.5 Å². The molecular formula is C57H92O27. The smallest absolute Gasteiger partial charge is 0.317 e. The Morgan fingerprint density at radius 1 is 0.607 bits per heavy atom. The maximum atomic E-state index is 15.4. The standard InChI is InChI=1S/C57H92O27/c1-23-40(80-45-39(71)41(28(63)19-75-45)81-49-43(72)56(74,21-60)22-77-49)36(68)38(70)46(78-23)82-42-33(65)27(62)18-76-48(42)84-50(73)57-13-12-51(2,3)14-25(57)24-8-9-31-52(4)15-26(61)44(83-47-37(69)35(67)34(66)29(17-58)79-47)53(5,20-59)30(52)10-11-54(31,6)55(24,7)16-32(57)64/h8,23,25-49,58-72,74H,9-22H2,1-7H3/t23-,25-,26-,27+,28+,29+,30+,31+,32+,33-,34+,35-,36-,37+,38+,39+,40-,41-,42+,43-,44-,45-,46-,47-,48-,49-,52-,53-,54+,55+,56+,57+/m0/s1. The molecule has 0 aromatic heterocycles. The molecule has 0 aromatic carbocycles. The lowest BCUT2D eigenvalue weighted by atomic mass is 9.33. The fraction of sp³-hybridized carbons (Fsp3) is 0.947. The number of aliphatic hydroxyl groups excluding tert-OH is 15. The van der Waals surface area contributed by atoms with Crippen LogP contribution in [-0.2, 0) is 52.2 Å². The van der Waals surface area contributed by atoms with Gasteiger partial charge in [-0.2, -0.15) is 0 Å². The lowest BCUT2D eigenvalue weighted by molar-refractivity contribution is -0.372. The molecule has 16 N–H and O–H groups in total. The Hall–Kier alpha value is -1.79. The number of hydrogen-bond acceptors (Lipinski definition) is 27. The molecule has 84 heavy (non-hydrogen) atoms. The van der Waals surface area contributed by atoms with Crippen molar-refractivity contribution in [3.63, 3.8) is 0 Å². The van der Waals surface area contributed by atoms with Crippen molar-refractivity contribution < 1.29 is 134 Å². The summed E-state index contributed by atoms with van der Waals surface area (Å²) in [5, 5.41) is 176. The van der Waals surface area contributed by atoms with Gasteiger partial charge in [0.1, 0.15) is 90.4 Å². The van der Waals surface area contributed by atoms with Crippen LogP contribution in [0.25, 0.3) is 0 Å². The highest BCUT2D eigenvalue weighted by atomic mass is 16.8. The summed E-state index contributed by atoms with van der Waals surface area (Å²) in [6.07, 6.45) is -31.2. The molecule has 0 aromatic rings. The first-order valence-corrected chi connectivity index (χ1v) is 29.7. The Morgan fingerprint density at radius 2 is 1.25 bits per heavy atom. The van der Waals surface area contributed by atoms with E-state index in [0.29, 0.717) is 32.1 Å². The molecule has 0 bridgehead atoms. The van der Waals surface area contributed by atoms with Gasteiger partial charge in [-0.1, -0.05) is 53.2 Å². The highest BCUT2D eigenvalue weighted by Gasteiger charge is 2.73. The number of rotatable bonds is 13. The monoisotopic (exact) mass is 1210 g/mol. The number of hydrogen-bond donors (Lipinski definition) is 16. The van der Waals surface area contributed by atoms with Crippen LogP contribution in [0.3, 0.4) is 0 Å². The molecule has 0 radical (unpaired) electrons. The SMILES string of the molecule is C[C@@H]1O[C@@H](O[C@H]2[C@H](OC(=O)[C@]34CCC(C)(C)C[C@H]3C3=CC[C@@H]5[C@@]6(C)C[C@H](O)[C@H](O[C@@H]7O[C@H](CO)[C@@H](O)[C@H](O)[C@H]7O)[C@@](C)(CO)[C@@H]6CC[C@@]5(C)[C@]3(C)C[C@H]4O)OC[C@@H](O)[C@@H]2O)[C@H](O)[C@H](O)[C@H]1O[C@@H]1OC[C@@H](O)[C@H](O[C@@H]2OC[C@](O)(CO)[C@H]2O)[C@H]1O. The highest BCUT2D eigenvalue weighted by Crippen LogP contribution is 2.76. The van der Waals surface area contributed by atoms with Gasteiger partial charge in [0.15, 0.2) is 31.3 Å². The van der Waals surface area contributed by atoms with Crippen molar-refractivity contribution in [2.45, 2.75) is 247 Å². The largest absolute Gasteiger partial charge is 0.432 e. The maximum absolute atomic E-state index is 15.4. The van der Waals surface area contributed by atoms with Gasteiger partial charge in [-0.3, -0.25) is 4.79 Å². The first-order chi connectivity index (χ1) is 39.3. The van der Waals surface area contributed by atoms with Crippen LogP contribution in [0.2, 0.25) is 0 Å². The van der Waals surface area contributed by atoms with Crippen molar-refractivity contribution in [1.29, 1.82) is 0 Å². The first kappa shape index (κ1) is 65.2. The summed E-state index contributed by atoms with van der Waals surface area (Å²) in [4.78, 5) is 15.4. The molecule has 10 rings (SSSR count). The minimum atomic E-state index is -2.07. The summed E-state index contributed by atoms with van der Waals surface area (Å²) < 4.78 is 58.6. The number of fused-ring (bicyclic) bond motifs is 7. The van der Waals surface area contributed by atoms with Crippen molar-refractivity contribution in [3.8, 4) is 0 Å². The molecule has 5 aliphatic heterocycles. The Morgan fingerprint density at radius 3 is 1.92 bits per heavy atom. The number of carbonyl (C=O) groups is 1. The van der Waals surface area contributed by atoms with Crippen LogP contribution < -0.4 is 0 Å². The molecule has 27 heteroatoms. The van der Waals surface area contributed by atoms with E-state index >= 15 is 4.79 Å². The van der Waals surface area contributed by atoms with E-state index < -0.39 is 226 Å². The third-order valence-electron chi connectivity index (χ3n) is 22.6. The van der Waals surface area contributed by atoms with Gasteiger partial charge in [-0.05, 0) is 97.7 Å². The summed E-state index contributed by atoms with van der Waals surface area (Å²) in [6.45, 7) is 10.4. The Bertz CT molecular complexity index is 2370. The number of ether oxygens (including phenoxy) is 10. The van der Waals surface area contributed by atoms with E-state index in [9.17, 15) is 81.7 Å². The van der Waals surface area contributed by atoms with Gasteiger partial charge in [-0.25, -0.2) is 0 Å². The lowest BCUT2D eigenvalue weighted by Crippen LogP contribution is -2.70. The molecular weight excluding hydrogens is 1120 g/mol. The second-order valence-corrected chi connectivity index (χ2v) is 28.0. The van der Waals surface area contributed by atoms with E-state index in [4.69, 9.17) is 47.4 Å². The molecule has 5 aliphatic carbocycles. The molecule has 5 heterocycles. The van der Waals surface area contributed by atoms with Crippen molar-refractivity contribution in [3.05, 3.63) is 11.6 Å². The van der Waals surface area contributed by atoms with E-state index in [1.807, 2.05) is 6.92 Å². The summed E-state index contributed by atoms with van der Waals surface area (Å²) >= 11 is 0. The number of carbonyl (C=O) groups excluding carboxylic acids is 1. The van der Waals surface area contributed by atoms with Gasteiger partial charge in [0, 0.05) is 5.41 Å². The predicted octanol–water partition coefficient (Wildman–Crippen LogP) is -4.35. The Labute approximate surface area is 486 Å². The second kappa shape index (κ2) is 23.5. The van der Waals surface area contributed by atoms with Crippen LogP contribution in [0.1, 0.15) is 99.8 Å². The van der Waals surface area contributed by atoms with Gasteiger partial charge in [0.05, 0.1) is 64.1 Å². The van der Waals surface area contributed by atoms with Crippen molar-refractivity contribution in [2.75, 3.05) is 39.6 Å². The molecule has 5 saturated heterocycles. The average molecular weight is 1210 g/mol. The first-order valence-electron chi connectivity index (χ1n) is 29.7. The lowest BCUT2D eigenvalue weighted by Gasteiger charge is -2.72. The second-order valence-electron chi connectivity index (χ2n) is 28.0. The topological polar surface area (TPSA) is 433 Å². The molecule has 482 valence electrons. The van der Waals surface area contributed by atoms with E-state index in [0.717, 1.165) is 5.57 Å². The van der Waals surface area contributed by atoms with E-state index in [1.54, 1.807) is 0 Å². The fourth-order valence-electron chi connectivity index (χ4n) is 17.4. The summed E-state index contributed by atoms with van der Waals surface area (Å²) in [5.74, 6) is -1.84. The van der Waals surface area contributed by atoms with Crippen LogP contribution in [0.15, 0.2) is 11.6 Å². The minimum absolute atomic E-state index is 0.124. The molecule has 27 nitrogen and oxygen atoms in total. The minimum Gasteiger partial charge on any atom is -0.432 e.